The first-order valence-electron chi connectivity index (χ1n) is 5.41. The van der Waals surface area contributed by atoms with E-state index in [0.717, 1.165) is 10.0 Å². The Morgan fingerprint density at radius 1 is 1.44 bits per heavy atom. The van der Waals surface area contributed by atoms with Gasteiger partial charge in [-0.3, -0.25) is 9.48 Å². The summed E-state index contributed by atoms with van der Waals surface area (Å²) < 4.78 is 7.65. The van der Waals surface area contributed by atoms with E-state index in [1.165, 1.54) is 0 Å². The fraction of sp³-hybridized carbons (Fsp3) is 0.231. The molecule has 0 fully saturated rings. The van der Waals surface area contributed by atoms with Crippen LogP contribution in [0, 0.1) is 6.92 Å². The molecular formula is C13H13BrN2O2. The SMILES string of the molecule is COc1ccc(Br)cc1C(=O)c1c(C)cnn1C. The Kier molecular flexibility index (Phi) is 3.52. The van der Waals surface area contributed by atoms with Crippen LogP contribution in [0.25, 0.3) is 0 Å². The minimum Gasteiger partial charge on any atom is -0.496 e. The monoisotopic (exact) mass is 308 g/mol. The van der Waals surface area contributed by atoms with Crippen LogP contribution < -0.4 is 4.74 Å². The van der Waals surface area contributed by atoms with Gasteiger partial charge in [-0.2, -0.15) is 5.10 Å². The lowest BCUT2D eigenvalue weighted by Gasteiger charge is -2.09. The van der Waals surface area contributed by atoms with Crippen LogP contribution in [-0.2, 0) is 7.05 Å². The maximum absolute atomic E-state index is 12.5. The molecule has 0 unspecified atom stereocenters. The van der Waals surface area contributed by atoms with Crippen LogP contribution in [0.5, 0.6) is 5.75 Å². The highest BCUT2D eigenvalue weighted by molar-refractivity contribution is 9.10. The first kappa shape index (κ1) is 12.8. The molecule has 5 heteroatoms. The Bertz CT molecular complexity index is 586. The van der Waals surface area contributed by atoms with Crippen LogP contribution in [0.4, 0.5) is 0 Å². The van der Waals surface area contributed by atoms with E-state index in [1.807, 2.05) is 13.0 Å². The highest BCUT2D eigenvalue weighted by atomic mass is 79.9. The van der Waals surface area contributed by atoms with E-state index in [0.29, 0.717) is 17.0 Å². The van der Waals surface area contributed by atoms with Gasteiger partial charge in [0.1, 0.15) is 11.4 Å². The second-order valence-electron chi connectivity index (χ2n) is 3.97. The number of carbonyl (C=O) groups excluding carboxylic acids is 1. The number of rotatable bonds is 3. The minimum atomic E-state index is -0.0920. The Balaban J connectivity index is 2.55. The van der Waals surface area contributed by atoms with Gasteiger partial charge in [-0.15, -0.1) is 0 Å². The first-order chi connectivity index (χ1) is 8.54. The minimum absolute atomic E-state index is 0.0920. The summed E-state index contributed by atoms with van der Waals surface area (Å²) in [6, 6.07) is 5.36. The molecule has 0 aliphatic rings. The van der Waals surface area contributed by atoms with Gasteiger partial charge in [-0.1, -0.05) is 15.9 Å². The molecule has 18 heavy (non-hydrogen) atoms. The van der Waals surface area contributed by atoms with Crippen molar-refractivity contribution in [2.45, 2.75) is 6.92 Å². The molecular weight excluding hydrogens is 296 g/mol. The number of ketones is 1. The molecule has 0 aliphatic carbocycles. The van der Waals surface area contributed by atoms with E-state index in [-0.39, 0.29) is 5.78 Å². The summed E-state index contributed by atoms with van der Waals surface area (Å²) in [7, 11) is 3.31. The van der Waals surface area contributed by atoms with Crippen molar-refractivity contribution in [3.8, 4) is 5.75 Å². The van der Waals surface area contributed by atoms with Crippen molar-refractivity contribution in [3.63, 3.8) is 0 Å². The summed E-state index contributed by atoms with van der Waals surface area (Å²) in [5.74, 6) is 0.467. The average molecular weight is 309 g/mol. The number of carbonyl (C=O) groups is 1. The van der Waals surface area contributed by atoms with E-state index in [1.54, 1.807) is 37.2 Å². The van der Waals surface area contributed by atoms with Gasteiger partial charge in [0, 0.05) is 11.5 Å². The predicted molar refractivity (Wildman–Crippen MR) is 72.1 cm³/mol. The predicted octanol–water partition coefficient (Wildman–Crippen LogP) is 2.73. The molecule has 1 aromatic heterocycles. The van der Waals surface area contributed by atoms with Gasteiger partial charge >= 0.3 is 0 Å². The highest BCUT2D eigenvalue weighted by Gasteiger charge is 2.20. The molecule has 0 saturated heterocycles. The topological polar surface area (TPSA) is 44.1 Å². The molecule has 4 nitrogen and oxygen atoms in total. The maximum atomic E-state index is 12.5. The number of aromatic nitrogens is 2. The fourth-order valence-corrected chi connectivity index (χ4v) is 2.22. The van der Waals surface area contributed by atoms with E-state index in [4.69, 9.17) is 4.74 Å². The Morgan fingerprint density at radius 3 is 2.72 bits per heavy atom. The molecule has 0 bridgehead atoms. The number of ether oxygens (including phenoxy) is 1. The van der Waals surface area contributed by atoms with Crippen molar-refractivity contribution >= 4 is 21.7 Å². The zero-order valence-corrected chi connectivity index (χ0v) is 12.0. The lowest BCUT2D eigenvalue weighted by Crippen LogP contribution is -2.11. The molecule has 0 atom stereocenters. The molecule has 0 radical (unpaired) electrons. The molecule has 0 N–H and O–H groups in total. The van der Waals surface area contributed by atoms with E-state index in [2.05, 4.69) is 21.0 Å². The number of halogens is 1. The lowest BCUT2D eigenvalue weighted by molar-refractivity contribution is 0.102. The van der Waals surface area contributed by atoms with E-state index >= 15 is 0 Å². The second-order valence-corrected chi connectivity index (χ2v) is 4.89. The highest BCUT2D eigenvalue weighted by Crippen LogP contribution is 2.26. The molecule has 2 rings (SSSR count). The zero-order valence-electron chi connectivity index (χ0n) is 10.4. The Morgan fingerprint density at radius 2 is 2.17 bits per heavy atom. The van der Waals surface area contributed by atoms with Crippen LogP contribution in [0.1, 0.15) is 21.6 Å². The van der Waals surface area contributed by atoms with Gasteiger partial charge in [0.2, 0.25) is 5.78 Å². The maximum Gasteiger partial charge on any atom is 0.215 e. The van der Waals surface area contributed by atoms with Gasteiger partial charge < -0.3 is 4.74 Å². The number of nitrogens with zero attached hydrogens (tertiary/aromatic N) is 2. The summed E-state index contributed by atoms with van der Waals surface area (Å²) >= 11 is 3.36. The average Bonchev–Trinajstić information content (AvgIpc) is 2.68. The van der Waals surface area contributed by atoms with Crippen LogP contribution >= 0.6 is 15.9 Å². The third kappa shape index (κ3) is 2.18. The Labute approximate surface area is 114 Å². The number of aryl methyl sites for hydroxylation is 2. The van der Waals surface area contributed by atoms with Crippen LogP contribution in [0.2, 0.25) is 0 Å². The summed E-state index contributed by atoms with van der Waals surface area (Å²) in [6.07, 6.45) is 1.68. The molecule has 0 spiro atoms. The standard InChI is InChI=1S/C13H13BrN2O2/c1-8-7-15-16(2)12(8)13(17)10-6-9(14)4-5-11(10)18-3/h4-7H,1-3H3. The zero-order chi connectivity index (χ0) is 13.3. The first-order valence-corrected chi connectivity index (χ1v) is 6.20. The van der Waals surface area contributed by atoms with Gasteiger partial charge in [-0.25, -0.2) is 0 Å². The molecule has 94 valence electrons. The second kappa shape index (κ2) is 4.94. The van der Waals surface area contributed by atoms with Crippen molar-refractivity contribution in [1.82, 2.24) is 9.78 Å². The summed E-state index contributed by atoms with van der Waals surface area (Å²) in [6.45, 7) is 1.87. The van der Waals surface area contributed by atoms with Crippen molar-refractivity contribution in [3.05, 3.63) is 45.7 Å². The molecule has 0 aliphatic heterocycles. The number of hydrogen-bond donors (Lipinski definition) is 0. The largest absolute Gasteiger partial charge is 0.496 e. The van der Waals surface area contributed by atoms with Gasteiger partial charge in [0.05, 0.1) is 18.9 Å². The van der Waals surface area contributed by atoms with Crippen LogP contribution in [0.15, 0.2) is 28.9 Å². The quantitative estimate of drug-likeness (QED) is 0.819. The molecule has 1 aromatic carbocycles. The summed E-state index contributed by atoms with van der Waals surface area (Å²) in [5.41, 5.74) is 1.95. The van der Waals surface area contributed by atoms with Crippen molar-refractivity contribution < 1.29 is 9.53 Å². The Hall–Kier alpha value is -1.62. The van der Waals surface area contributed by atoms with Crippen LogP contribution in [0.3, 0.4) is 0 Å². The third-order valence-corrected chi connectivity index (χ3v) is 3.24. The molecule has 0 saturated carbocycles. The van der Waals surface area contributed by atoms with Gasteiger partial charge in [-0.05, 0) is 30.7 Å². The molecule has 2 aromatic rings. The number of methoxy groups -OCH3 is 1. The third-order valence-electron chi connectivity index (χ3n) is 2.74. The van der Waals surface area contributed by atoms with Gasteiger partial charge in [0.15, 0.2) is 0 Å². The number of benzene rings is 1. The van der Waals surface area contributed by atoms with E-state index in [9.17, 15) is 4.79 Å². The van der Waals surface area contributed by atoms with Crippen molar-refractivity contribution in [1.29, 1.82) is 0 Å². The normalized spacial score (nSPS) is 10.4. The number of hydrogen-bond acceptors (Lipinski definition) is 3. The smallest absolute Gasteiger partial charge is 0.215 e. The molecule has 1 heterocycles. The fourth-order valence-electron chi connectivity index (χ4n) is 1.86. The van der Waals surface area contributed by atoms with Gasteiger partial charge in [0.25, 0.3) is 0 Å². The van der Waals surface area contributed by atoms with Crippen molar-refractivity contribution in [2.75, 3.05) is 7.11 Å². The summed E-state index contributed by atoms with van der Waals surface area (Å²) in [4.78, 5) is 12.5. The van der Waals surface area contributed by atoms with E-state index < -0.39 is 0 Å². The van der Waals surface area contributed by atoms with Crippen molar-refractivity contribution in [2.24, 2.45) is 7.05 Å². The summed E-state index contributed by atoms with van der Waals surface area (Å²) in [5, 5.41) is 4.08. The van der Waals surface area contributed by atoms with Crippen LogP contribution in [-0.4, -0.2) is 22.7 Å². The molecule has 0 amide bonds. The lowest BCUT2D eigenvalue weighted by atomic mass is 10.0.